The molecule has 0 amide bonds. The summed E-state index contributed by atoms with van der Waals surface area (Å²) in [6, 6.07) is 15.6. The highest BCUT2D eigenvalue weighted by atomic mass is 79.9. The Labute approximate surface area is 140 Å². The number of hydrogen-bond acceptors (Lipinski definition) is 0. The normalized spacial score (nSPS) is 15.0. The van der Waals surface area contributed by atoms with Gasteiger partial charge in [0.1, 0.15) is 0 Å². The van der Waals surface area contributed by atoms with E-state index in [1.807, 2.05) is 0 Å². The fourth-order valence-electron chi connectivity index (χ4n) is 3.22. The summed E-state index contributed by atoms with van der Waals surface area (Å²) in [6.07, 6.45) is 5.95. The molecule has 21 heavy (non-hydrogen) atoms. The highest BCUT2D eigenvalue weighted by Gasteiger charge is 2.14. The summed E-state index contributed by atoms with van der Waals surface area (Å²) in [5.74, 6) is 1.22. The summed E-state index contributed by atoms with van der Waals surface area (Å²) in [5, 5.41) is 0. The van der Waals surface area contributed by atoms with E-state index >= 15 is 0 Å². The van der Waals surface area contributed by atoms with Crippen LogP contribution in [0.4, 0.5) is 0 Å². The number of hydrogen-bond donors (Lipinski definition) is 0. The molecule has 0 nitrogen and oxygen atoms in total. The molecule has 0 spiro atoms. The Morgan fingerprint density at radius 2 is 1.57 bits per heavy atom. The van der Waals surface area contributed by atoms with Gasteiger partial charge in [0, 0.05) is 10.4 Å². The quantitative estimate of drug-likeness (QED) is 0.608. The third-order valence-electron chi connectivity index (χ3n) is 4.34. The zero-order chi connectivity index (χ0) is 14.7. The third-order valence-corrected chi connectivity index (χ3v) is 5.31. The van der Waals surface area contributed by atoms with Gasteiger partial charge in [-0.3, -0.25) is 0 Å². The second-order valence-electron chi connectivity index (χ2n) is 6.01. The molecule has 0 bridgehead atoms. The first-order valence-corrected chi connectivity index (χ1v) is 8.98. The number of rotatable bonds is 5. The van der Waals surface area contributed by atoms with Crippen molar-refractivity contribution in [1.82, 2.24) is 0 Å². The molecule has 1 atom stereocenters. The van der Waals surface area contributed by atoms with E-state index in [1.165, 1.54) is 30.4 Å². The molecule has 2 aromatic rings. The Balaban J connectivity index is 1.68. The maximum atomic E-state index is 6.21. The molecular weight excluding hydrogens is 344 g/mol. The monoisotopic (exact) mass is 362 g/mol. The average molecular weight is 364 g/mol. The molecule has 2 aromatic carbocycles. The molecular formula is C19H20BrCl. The van der Waals surface area contributed by atoms with Crippen LogP contribution in [0.25, 0.3) is 0 Å². The van der Waals surface area contributed by atoms with Gasteiger partial charge >= 0.3 is 0 Å². The van der Waals surface area contributed by atoms with Gasteiger partial charge in [0.2, 0.25) is 0 Å². The molecule has 1 unspecified atom stereocenters. The molecule has 3 rings (SSSR count). The topological polar surface area (TPSA) is 0 Å². The predicted molar refractivity (Wildman–Crippen MR) is 94.2 cm³/mol. The van der Waals surface area contributed by atoms with Crippen LogP contribution in [-0.4, -0.2) is 5.88 Å². The van der Waals surface area contributed by atoms with E-state index in [4.69, 9.17) is 11.6 Å². The SMILES string of the molecule is ClCC(Cc1ccc(Br)cc1)Cc1ccc2c(c1)CCC2. The fraction of sp³-hybridized carbons (Fsp3) is 0.368. The van der Waals surface area contributed by atoms with Crippen LogP contribution in [0, 0.1) is 5.92 Å². The van der Waals surface area contributed by atoms with Gasteiger partial charge in [-0.25, -0.2) is 0 Å². The largest absolute Gasteiger partial charge is 0.126 e. The number of fused-ring (bicyclic) bond motifs is 1. The van der Waals surface area contributed by atoms with Crippen LogP contribution in [0.2, 0.25) is 0 Å². The lowest BCUT2D eigenvalue weighted by atomic mass is 9.93. The molecule has 0 saturated carbocycles. The summed E-state index contributed by atoms with van der Waals surface area (Å²) < 4.78 is 1.13. The van der Waals surface area contributed by atoms with Gasteiger partial charge in [0.05, 0.1) is 0 Å². The van der Waals surface area contributed by atoms with Gasteiger partial charge < -0.3 is 0 Å². The van der Waals surface area contributed by atoms with Gasteiger partial charge in [0.25, 0.3) is 0 Å². The van der Waals surface area contributed by atoms with Gasteiger partial charge in [-0.2, -0.15) is 0 Å². The Kier molecular flexibility index (Phi) is 5.03. The molecule has 0 heterocycles. The van der Waals surface area contributed by atoms with Crippen molar-refractivity contribution < 1.29 is 0 Å². The lowest BCUT2D eigenvalue weighted by molar-refractivity contribution is 0.583. The Morgan fingerprint density at radius 3 is 2.33 bits per heavy atom. The zero-order valence-electron chi connectivity index (χ0n) is 12.1. The highest BCUT2D eigenvalue weighted by Crippen LogP contribution is 2.25. The second-order valence-corrected chi connectivity index (χ2v) is 7.24. The molecule has 1 aliphatic carbocycles. The van der Waals surface area contributed by atoms with Crippen molar-refractivity contribution in [2.24, 2.45) is 5.92 Å². The van der Waals surface area contributed by atoms with Crippen molar-refractivity contribution in [3.63, 3.8) is 0 Å². The van der Waals surface area contributed by atoms with Gasteiger partial charge in [-0.1, -0.05) is 46.3 Å². The van der Waals surface area contributed by atoms with E-state index in [9.17, 15) is 0 Å². The molecule has 1 aliphatic rings. The van der Waals surface area contributed by atoms with E-state index < -0.39 is 0 Å². The number of benzene rings is 2. The molecule has 0 radical (unpaired) electrons. The minimum Gasteiger partial charge on any atom is -0.126 e. The van der Waals surface area contributed by atoms with Gasteiger partial charge in [0.15, 0.2) is 0 Å². The standard InChI is InChI=1S/C19H20BrCl/c20-19-8-5-14(6-9-19)10-16(13-21)11-15-4-7-17-2-1-3-18(17)12-15/h4-9,12,16H,1-3,10-11,13H2. The Bertz CT molecular complexity index is 603. The first-order chi connectivity index (χ1) is 10.2. The van der Waals surface area contributed by atoms with Crippen molar-refractivity contribution in [2.45, 2.75) is 32.1 Å². The number of alkyl halides is 1. The summed E-state index contributed by atoms with van der Waals surface area (Å²) in [7, 11) is 0. The van der Waals surface area contributed by atoms with E-state index in [2.05, 4.69) is 58.4 Å². The maximum Gasteiger partial charge on any atom is 0.0258 e. The highest BCUT2D eigenvalue weighted by molar-refractivity contribution is 9.10. The van der Waals surface area contributed by atoms with Crippen LogP contribution in [0.1, 0.15) is 28.7 Å². The maximum absolute atomic E-state index is 6.21. The van der Waals surface area contributed by atoms with E-state index in [-0.39, 0.29) is 0 Å². The minimum atomic E-state index is 0.507. The van der Waals surface area contributed by atoms with E-state index in [1.54, 1.807) is 11.1 Å². The van der Waals surface area contributed by atoms with Crippen molar-refractivity contribution in [1.29, 1.82) is 0 Å². The lowest BCUT2D eigenvalue weighted by Crippen LogP contribution is -2.10. The van der Waals surface area contributed by atoms with Crippen LogP contribution in [-0.2, 0) is 25.7 Å². The van der Waals surface area contributed by atoms with E-state index in [0.29, 0.717) is 11.8 Å². The summed E-state index contributed by atoms with van der Waals surface area (Å²) in [5.41, 5.74) is 5.92. The average Bonchev–Trinajstić information content (AvgIpc) is 2.96. The molecule has 0 aromatic heterocycles. The van der Waals surface area contributed by atoms with Crippen LogP contribution in [0.5, 0.6) is 0 Å². The van der Waals surface area contributed by atoms with Gasteiger partial charge in [-0.15, -0.1) is 11.6 Å². The van der Waals surface area contributed by atoms with Crippen LogP contribution in [0.3, 0.4) is 0 Å². The minimum absolute atomic E-state index is 0.507. The van der Waals surface area contributed by atoms with Crippen LogP contribution < -0.4 is 0 Å². The van der Waals surface area contributed by atoms with Crippen molar-refractivity contribution in [2.75, 3.05) is 5.88 Å². The van der Waals surface area contributed by atoms with Crippen LogP contribution in [0.15, 0.2) is 46.9 Å². The summed E-state index contributed by atoms with van der Waals surface area (Å²) >= 11 is 9.69. The van der Waals surface area contributed by atoms with Crippen molar-refractivity contribution in [3.05, 3.63) is 69.2 Å². The van der Waals surface area contributed by atoms with E-state index in [0.717, 1.165) is 17.3 Å². The molecule has 0 N–H and O–H groups in total. The predicted octanol–water partition coefficient (Wildman–Crippen LogP) is 5.58. The smallest absolute Gasteiger partial charge is 0.0258 e. The summed E-state index contributed by atoms with van der Waals surface area (Å²) in [6.45, 7) is 0. The lowest BCUT2D eigenvalue weighted by Gasteiger charge is -2.15. The zero-order valence-corrected chi connectivity index (χ0v) is 14.5. The first kappa shape index (κ1) is 15.1. The Hall–Kier alpha value is -0.790. The fourth-order valence-corrected chi connectivity index (χ4v) is 3.70. The molecule has 0 aliphatic heterocycles. The number of aryl methyl sites for hydroxylation is 2. The molecule has 110 valence electrons. The van der Waals surface area contributed by atoms with Crippen molar-refractivity contribution in [3.8, 4) is 0 Å². The molecule has 0 saturated heterocycles. The molecule has 0 fully saturated rings. The Morgan fingerprint density at radius 1 is 0.905 bits per heavy atom. The third kappa shape index (κ3) is 3.90. The summed E-state index contributed by atoms with van der Waals surface area (Å²) in [4.78, 5) is 0. The second kappa shape index (κ2) is 6.98. The first-order valence-electron chi connectivity index (χ1n) is 7.65. The van der Waals surface area contributed by atoms with Crippen molar-refractivity contribution >= 4 is 27.5 Å². The number of halogens is 2. The molecule has 2 heteroatoms. The van der Waals surface area contributed by atoms with Gasteiger partial charge in [-0.05, 0) is 72.4 Å². The van der Waals surface area contributed by atoms with Crippen LogP contribution >= 0.6 is 27.5 Å².